The topological polar surface area (TPSA) is 32.3 Å². The molecule has 0 aliphatic carbocycles. The van der Waals surface area contributed by atoms with Gasteiger partial charge in [-0.2, -0.15) is 0 Å². The minimum atomic E-state index is -0.0956. The molecule has 0 fully saturated rings. The summed E-state index contributed by atoms with van der Waals surface area (Å²) in [6.07, 6.45) is 7.00. The largest absolute Gasteiger partial charge is 0.323 e. The molecule has 3 heteroatoms. The van der Waals surface area contributed by atoms with Crippen LogP contribution in [0.3, 0.4) is 0 Å². The van der Waals surface area contributed by atoms with Gasteiger partial charge in [0.1, 0.15) is 0 Å². The smallest absolute Gasteiger partial charge is 0.248 e. The van der Waals surface area contributed by atoms with E-state index in [1.807, 2.05) is 25.1 Å². The van der Waals surface area contributed by atoms with E-state index in [-0.39, 0.29) is 5.91 Å². The van der Waals surface area contributed by atoms with Crippen LogP contribution in [0.1, 0.15) is 31.9 Å². The lowest BCUT2D eigenvalue weighted by Gasteiger charge is -2.18. The number of amides is 1. The third-order valence-electron chi connectivity index (χ3n) is 3.50. The van der Waals surface area contributed by atoms with Gasteiger partial charge in [-0.05, 0) is 44.0 Å². The van der Waals surface area contributed by atoms with Crippen LogP contribution in [0.15, 0.2) is 42.5 Å². The molecule has 0 radical (unpaired) electrons. The lowest BCUT2D eigenvalue weighted by molar-refractivity contribution is -0.111. The van der Waals surface area contributed by atoms with Crippen LogP contribution in [0.25, 0.3) is 0 Å². The summed E-state index contributed by atoms with van der Waals surface area (Å²) in [7, 11) is 0. The first kappa shape index (κ1) is 14.5. The van der Waals surface area contributed by atoms with Crippen LogP contribution in [-0.2, 0) is 17.9 Å². The summed E-state index contributed by atoms with van der Waals surface area (Å²) < 4.78 is 0. The molecule has 2 rings (SSSR count). The zero-order chi connectivity index (χ0) is 14.5. The number of carbonyl (C=O) groups excluding carboxylic acids is 1. The van der Waals surface area contributed by atoms with E-state index in [9.17, 15) is 4.79 Å². The fraction of sp³-hybridized carbons (Fsp3) is 0.353. The van der Waals surface area contributed by atoms with Crippen molar-refractivity contribution in [3.8, 4) is 0 Å². The van der Waals surface area contributed by atoms with Crippen molar-refractivity contribution in [3.63, 3.8) is 0 Å². The molecule has 1 aromatic rings. The molecule has 0 aromatic heterocycles. The lowest BCUT2D eigenvalue weighted by Crippen LogP contribution is -2.24. The summed E-state index contributed by atoms with van der Waals surface area (Å²) in [5.41, 5.74) is 3.54. The summed E-state index contributed by atoms with van der Waals surface area (Å²) in [6, 6.07) is 6.72. The minimum Gasteiger partial charge on any atom is -0.323 e. The van der Waals surface area contributed by atoms with Crippen molar-refractivity contribution in [1.29, 1.82) is 0 Å². The average molecular weight is 270 g/mol. The molecule has 0 bridgehead atoms. The molecule has 1 heterocycles. The lowest BCUT2D eigenvalue weighted by atomic mass is 10.1. The van der Waals surface area contributed by atoms with Crippen LogP contribution in [0.2, 0.25) is 0 Å². The number of hydrogen-bond donors (Lipinski definition) is 1. The first-order valence-electron chi connectivity index (χ1n) is 7.06. The molecule has 0 saturated heterocycles. The number of carbonyl (C=O) groups is 1. The van der Waals surface area contributed by atoms with E-state index in [1.165, 1.54) is 17.2 Å². The molecule has 20 heavy (non-hydrogen) atoms. The van der Waals surface area contributed by atoms with E-state index >= 15 is 0 Å². The molecule has 1 aromatic carbocycles. The van der Waals surface area contributed by atoms with E-state index in [0.29, 0.717) is 6.04 Å². The highest BCUT2D eigenvalue weighted by Crippen LogP contribution is 2.27. The van der Waals surface area contributed by atoms with Crippen LogP contribution in [0.5, 0.6) is 0 Å². The van der Waals surface area contributed by atoms with E-state index in [2.05, 4.69) is 36.2 Å². The minimum absolute atomic E-state index is 0.0956. The van der Waals surface area contributed by atoms with Gasteiger partial charge in [0.2, 0.25) is 5.91 Å². The van der Waals surface area contributed by atoms with Gasteiger partial charge in [-0.1, -0.05) is 24.3 Å². The Morgan fingerprint density at radius 1 is 1.25 bits per heavy atom. The molecule has 106 valence electrons. The zero-order valence-corrected chi connectivity index (χ0v) is 12.4. The summed E-state index contributed by atoms with van der Waals surface area (Å²) in [6.45, 7) is 8.30. The standard InChI is InChI=1S/C17H22N2O/c1-4-5-6-7-17(20)18-16-9-8-14-11-19(13(2)3)12-15(14)10-16/h4-10,13H,11-12H2,1-3H3,(H,18,20)/b5-4+,7-6+. The van der Waals surface area contributed by atoms with E-state index < -0.39 is 0 Å². The number of nitrogens with zero attached hydrogens (tertiary/aromatic N) is 1. The summed E-state index contributed by atoms with van der Waals surface area (Å²) in [5.74, 6) is -0.0956. The molecule has 3 nitrogen and oxygen atoms in total. The molecule has 1 aliphatic heterocycles. The Labute approximate surface area is 121 Å². The third-order valence-corrected chi connectivity index (χ3v) is 3.50. The van der Waals surface area contributed by atoms with E-state index in [4.69, 9.17) is 0 Å². The number of hydrogen-bond acceptors (Lipinski definition) is 2. The number of rotatable bonds is 4. The first-order valence-corrected chi connectivity index (χ1v) is 7.06. The second-order valence-corrected chi connectivity index (χ2v) is 5.36. The Morgan fingerprint density at radius 3 is 2.70 bits per heavy atom. The normalized spacial score (nSPS) is 15.4. The molecule has 0 spiro atoms. The second kappa shape index (κ2) is 6.53. The Balaban J connectivity index is 2.03. The van der Waals surface area contributed by atoms with Gasteiger partial charge in [0.05, 0.1) is 0 Å². The Bertz CT molecular complexity index is 544. The summed E-state index contributed by atoms with van der Waals surface area (Å²) in [5, 5.41) is 2.90. The Hall–Kier alpha value is -1.87. The van der Waals surface area contributed by atoms with Crippen molar-refractivity contribution in [1.82, 2.24) is 4.90 Å². The van der Waals surface area contributed by atoms with Crippen LogP contribution < -0.4 is 5.32 Å². The van der Waals surface area contributed by atoms with Crippen molar-refractivity contribution in [3.05, 3.63) is 53.6 Å². The monoisotopic (exact) mass is 270 g/mol. The second-order valence-electron chi connectivity index (χ2n) is 5.36. The number of fused-ring (bicyclic) bond motifs is 1. The van der Waals surface area contributed by atoms with Crippen LogP contribution in [0, 0.1) is 0 Å². The van der Waals surface area contributed by atoms with Gasteiger partial charge in [-0.15, -0.1) is 0 Å². The number of allylic oxidation sites excluding steroid dienone is 3. The summed E-state index contributed by atoms with van der Waals surface area (Å²) >= 11 is 0. The predicted octanol–water partition coefficient (Wildman–Crippen LogP) is 3.48. The van der Waals surface area contributed by atoms with Gasteiger partial charge >= 0.3 is 0 Å². The number of nitrogens with one attached hydrogen (secondary N) is 1. The van der Waals surface area contributed by atoms with Crippen molar-refractivity contribution < 1.29 is 4.79 Å². The fourth-order valence-corrected chi connectivity index (χ4v) is 2.30. The Morgan fingerprint density at radius 2 is 2.00 bits per heavy atom. The molecule has 1 N–H and O–H groups in total. The highest BCUT2D eigenvalue weighted by Gasteiger charge is 2.21. The predicted molar refractivity (Wildman–Crippen MR) is 83.4 cm³/mol. The van der Waals surface area contributed by atoms with Crippen LogP contribution >= 0.6 is 0 Å². The molecular formula is C17H22N2O. The highest BCUT2D eigenvalue weighted by atomic mass is 16.1. The third kappa shape index (κ3) is 3.58. The molecule has 0 unspecified atom stereocenters. The van der Waals surface area contributed by atoms with Gasteiger partial charge in [0.25, 0.3) is 0 Å². The van der Waals surface area contributed by atoms with Gasteiger partial charge in [-0.3, -0.25) is 9.69 Å². The van der Waals surface area contributed by atoms with Gasteiger partial charge in [-0.25, -0.2) is 0 Å². The average Bonchev–Trinajstić information content (AvgIpc) is 2.82. The maximum Gasteiger partial charge on any atom is 0.248 e. The highest BCUT2D eigenvalue weighted by molar-refractivity contribution is 5.99. The Kier molecular flexibility index (Phi) is 4.74. The van der Waals surface area contributed by atoms with Crippen molar-refractivity contribution in [2.45, 2.75) is 39.9 Å². The van der Waals surface area contributed by atoms with Gasteiger partial charge in [0.15, 0.2) is 0 Å². The fourth-order valence-electron chi connectivity index (χ4n) is 2.30. The van der Waals surface area contributed by atoms with Crippen LogP contribution in [-0.4, -0.2) is 16.8 Å². The number of anilines is 1. The van der Waals surface area contributed by atoms with Crippen LogP contribution in [0.4, 0.5) is 5.69 Å². The molecule has 1 aliphatic rings. The van der Waals surface area contributed by atoms with Gasteiger partial charge < -0.3 is 5.32 Å². The van der Waals surface area contributed by atoms with Crippen molar-refractivity contribution >= 4 is 11.6 Å². The number of benzene rings is 1. The van der Waals surface area contributed by atoms with Gasteiger partial charge in [0, 0.05) is 30.9 Å². The van der Waals surface area contributed by atoms with Crippen molar-refractivity contribution in [2.24, 2.45) is 0 Å². The molecular weight excluding hydrogens is 248 g/mol. The quantitative estimate of drug-likeness (QED) is 0.671. The summed E-state index contributed by atoms with van der Waals surface area (Å²) in [4.78, 5) is 14.1. The van der Waals surface area contributed by atoms with E-state index in [1.54, 1.807) is 6.08 Å². The molecule has 0 saturated carbocycles. The molecule has 1 amide bonds. The molecule has 0 atom stereocenters. The van der Waals surface area contributed by atoms with Crippen molar-refractivity contribution in [2.75, 3.05) is 5.32 Å². The maximum absolute atomic E-state index is 11.7. The maximum atomic E-state index is 11.7. The SMILES string of the molecule is C/C=C/C=C/C(=O)Nc1ccc2c(c1)CN(C(C)C)C2. The van der Waals surface area contributed by atoms with E-state index in [0.717, 1.165) is 18.8 Å². The first-order chi connectivity index (χ1) is 9.60. The zero-order valence-electron chi connectivity index (χ0n) is 12.4.